The van der Waals surface area contributed by atoms with Crippen molar-refractivity contribution in [2.24, 2.45) is 0 Å². The molecule has 0 bridgehead atoms. The molecule has 0 unspecified atom stereocenters. The van der Waals surface area contributed by atoms with Crippen LogP contribution in [0.15, 0.2) is 34.7 Å². The number of aryl methyl sites for hydroxylation is 1. The van der Waals surface area contributed by atoms with Crippen molar-refractivity contribution in [3.8, 4) is 0 Å². The molecule has 0 atom stereocenters. The molecule has 0 aliphatic carbocycles. The Bertz CT molecular complexity index is 546. The molecule has 2 aromatic rings. The first-order chi connectivity index (χ1) is 7.58. The van der Waals surface area contributed by atoms with Crippen molar-refractivity contribution in [3.05, 3.63) is 53.2 Å². The number of carbonyl (C=O) groups is 1. The summed E-state index contributed by atoms with van der Waals surface area (Å²) in [5.74, 6) is -0.126. The van der Waals surface area contributed by atoms with Crippen LogP contribution in [0.4, 0.5) is 10.1 Å². The number of furan rings is 1. The molecule has 0 aliphatic rings. The van der Waals surface area contributed by atoms with Crippen LogP contribution in [0.5, 0.6) is 0 Å². The molecule has 0 amide bonds. The van der Waals surface area contributed by atoms with Crippen LogP contribution in [0.3, 0.4) is 0 Å². The van der Waals surface area contributed by atoms with Crippen LogP contribution < -0.4 is 5.73 Å². The number of benzene rings is 1. The zero-order valence-corrected chi connectivity index (χ0v) is 8.66. The van der Waals surface area contributed by atoms with Gasteiger partial charge in [-0.1, -0.05) is 0 Å². The summed E-state index contributed by atoms with van der Waals surface area (Å²) in [6, 6.07) is 6.89. The van der Waals surface area contributed by atoms with E-state index in [1.807, 2.05) is 0 Å². The zero-order valence-electron chi connectivity index (χ0n) is 8.66. The fourth-order valence-electron chi connectivity index (χ4n) is 1.41. The maximum absolute atomic E-state index is 13.0. The molecule has 2 N–H and O–H groups in total. The van der Waals surface area contributed by atoms with E-state index in [4.69, 9.17) is 10.2 Å². The average Bonchev–Trinajstić information content (AvgIpc) is 2.67. The highest BCUT2D eigenvalue weighted by Gasteiger charge is 2.16. The summed E-state index contributed by atoms with van der Waals surface area (Å²) < 4.78 is 18.2. The maximum Gasteiger partial charge on any atom is 0.230 e. The van der Waals surface area contributed by atoms with Gasteiger partial charge < -0.3 is 10.2 Å². The lowest BCUT2D eigenvalue weighted by atomic mass is 10.1. The molecule has 82 valence electrons. The van der Waals surface area contributed by atoms with E-state index in [1.165, 1.54) is 12.1 Å². The topological polar surface area (TPSA) is 56.2 Å². The highest BCUT2D eigenvalue weighted by Crippen LogP contribution is 2.19. The largest absolute Gasteiger partial charge is 0.458 e. The fourth-order valence-corrected chi connectivity index (χ4v) is 1.41. The number of ketones is 1. The Morgan fingerprint density at radius 2 is 2.06 bits per heavy atom. The second-order valence-corrected chi connectivity index (χ2v) is 3.47. The minimum Gasteiger partial charge on any atom is -0.458 e. The van der Waals surface area contributed by atoms with Gasteiger partial charge in [-0.15, -0.1) is 0 Å². The number of nitrogens with two attached hydrogens (primary N) is 1. The molecule has 1 heterocycles. The number of halogens is 1. The molecule has 1 aromatic carbocycles. The van der Waals surface area contributed by atoms with Gasteiger partial charge >= 0.3 is 0 Å². The fraction of sp³-hybridized carbons (Fsp3) is 0.0833. The molecule has 3 nitrogen and oxygen atoms in total. The van der Waals surface area contributed by atoms with E-state index >= 15 is 0 Å². The SMILES string of the molecule is Cc1ccc(C(=O)c2cc(F)ccc2N)o1. The van der Waals surface area contributed by atoms with Gasteiger partial charge in [-0.2, -0.15) is 0 Å². The molecule has 1 aromatic heterocycles. The smallest absolute Gasteiger partial charge is 0.230 e. The van der Waals surface area contributed by atoms with Crippen molar-refractivity contribution in [2.45, 2.75) is 6.92 Å². The molecule has 0 spiro atoms. The minimum atomic E-state index is -0.499. The van der Waals surface area contributed by atoms with E-state index in [2.05, 4.69) is 0 Å². The summed E-state index contributed by atoms with van der Waals surface area (Å²) in [4.78, 5) is 11.9. The van der Waals surface area contributed by atoms with Gasteiger partial charge in [-0.3, -0.25) is 4.79 Å². The van der Waals surface area contributed by atoms with Crippen molar-refractivity contribution in [1.29, 1.82) is 0 Å². The van der Waals surface area contributed by atoms with Crippen LogP contribution in [-0.4, -0.2) is 5.78 Å². The standard InChI is InChI=1S/C12H10FNO2/c1-7-2-5-11(16-7)12(15)9-6-8(13)3-4-10(9)14/h2-6H,14H2,1H3. The predicted octanol–water partition coefficient (Wildman–Crippen LogP) is 2.54. The van der Waals surface area contributed by atoms with E-state index in [-0.39, 0.29) is 17.0 Å². The van der Waals surface area contributed by atoms with E-state index in [9.17, 15) is 9.18 Å². The Labute approximate surface area is 91.7 Å². The van der Waals surface area contributed by atoms with Gasteiger partial charge in [0.1, 0.15) is 11.6 Å². The second-order valence-electron chi connectivity index (χ2n) is 3.47. The molecule has 0 saturated heterocycles. The summed E-state index contributed by atoms with van der Waals surface area (Å²) in [6.07, 6.45) is 0. The van der Waals surface area contributed by atoms with Crippen molar-refractivity contribution in [3.63, 3.8) is 0 Å². The number of carbonyl (C=O) groups excluding carboxylic acids is 1. The summed E-state index contributed by atoms with van der Waals surface area (Å²) in [5, 5.41) is 0. The Balaban J connectivity index is 2.45. The Morgan fingerprint density at radius 1 is 1.31 bits per heavy atom. The lowest BCUT2D eigenvalue weighted by Crippen LogP contribution is -2.04. The lowest BCUT2D eigenvalue weighted by molar-refractivity contribution is 0.101. The number of hydrogen-bond donors (Lipinski definition) is 1. The normalized spacial score (nSPS) is 10.4. The second kappa shape index (κ2) is 3.81. The number of hydrogen-bond acceptors (Lipinski definition) is 3. The third-order valence-electron chi connectivity index (χ3n) is 2.22. The first-order valence-electron chi connectivity index (χ1n) is 4.74. The van der Waals surface area contributed by atoms with Crippen molar-refractivity contribution >= 4 is 11.5 Å². The van der Waals surface area contributed by atoms with Crippen LogP contribution in [0, 0.1) is 12.7 Å². The van der Waals surface area contributed by atoms with Gasteiger partial charge in [-0.25, -0.2) is 4.39 Å². The molecule has 4 heteroatoms. The minimum absolute atomic E-state index is 0.120. The third-order valence-corrected chi connectivity index (χ3v) is 2.22. The molecular formula is C12H10FNO2. The Morgan fingerprint density at radius 3 is 2.69 bits per heavy atom. The third kappa shape index (κ3) is 1.82. The predicted molar refractivity (Wildman–Crippen MR) is 57.7 cm³/mol. The number of rotatable bonds is 2. The van der Waals surface area contributed by atoms with Crippen LogP contribution in [-0.2, 0) is 0 Å². The first kappa shape index (κ1) is 10.4. The van der Waals surface area contributed by atoms with E-state index < -0.39 is 11.6 Å². The van der Waals surface area contributed by atoms with Crippen LogP contribution >= 0.6 is 0 Å². The summed E-state index contributed by atoms with van der Waals surface area (Å²) in [6.45, 7) is 1.73. The van der Waals surface area contributed by atoms with Gasteiger partial charge in [0.25, 0.3) is 0 Å². The zero-order chi connectivity index (χ0) is 11.7. The summed E-state index contributed by atoms with van der Waals surface area (Å²) in [7, 11) is 0. The van der Waals surface area contributed by atoms with Crippen molar-refractivity contribution < 1.29 is 13.6 Å². The number of anilines is 1. The van der Waals surface area contributed by atoms with Crippen LogP contribution in [0.1, 0.15) is 21.9 Å². The van der Waals surface area contributed by atoms with Gasteiger partial charge in [0.2, 0.25) is 5.78 Å². The lowest BCUT2D eigenvalue weighted by Gasteiger charge is -2.02. The molecule has 0 saturated carbocycles. The summed E-state index contributed by atoms with van der Waals surface area (Å²) >= 11 is 0. The molecule has 0 aliphatic heterocycles. The van der Waals surface area contributed by atoms with E-state index in [1.54, 1.807) is 19.1 Å². The quantitative estimate of drug-likeness (QED) is 0.623. The average molecular weight is 219 g/mol. The first-order valence-corrected chi connectivity index (χ1v) is 4.74. The number of nitrogen functional groups attached to an aromatic ring is 1. The Kier molecular flexibility index (Phi) is 2.48. The molecule has 0 radical (unpaired) electrons. The molecule has 2 rings (SSSR count). The molecule has 0 fully saturated rings. The summed E-state index contributed by atoms with van der Waals surface area (Å²) in [5.41, 5.74) is 5.96. The van der Waals surface area contributed by atoms with Crippen molar-refractivity contribution in [2.75, 3.05) is 5.73 Å². The Hall–Kier alpha value is -2.10. The molecule has 16 heavy (non-hydrogen) atoms. The van der Waals surface area contributed by atoms with Gasteiger partial charge in [-0.05, 0) is 37.3 Å². The van der Waals surface area contributed by atoms with E-state index in [0.717, 1.165) is 6.07 Å². The monoisotopic (exact) mass is 219 g/mol. The molecular weight excluding hydrogens is 209 g/mol. The van der Waals surface area contributed by atoms with E-state index in [0.29, 0.717) is 5.76 Å². The highest BCUT2D eigenvalue weighted by molar-refractivity contribution is 6.10. The van der Waals surface area contributed by atoms with Crippen LogP contribution in [0.2, 0.25) is 0 Å². The van der Waals surface area contributed by atoms with Crippen LogP contribution in [0.25, 0.3) is 0 Å². The van der Waals surface area contributed by atoms with Gasteiger partial charge in [0.05, 0.1) is 5.56 Å². The van der Waals surface area contributed by atoms with Crippen molar-refractivity contribution in [1.82, 2.24) is 0 Å². The maximum atomic E-state index is 13.0. The highest BCUT2D eigenvalue weighted by atomic mass is 19.1. The van der Waals surface area contributed by atoms with Gasteiger partial charge in [0, 0.05) is 5.69 Å². The van der Waals surface area contributed by atoms with Gasteiger partial charge in [0.15, 0.2) is 5.76 Å².